The van der Waals surface area contributed by atoms with E-state index in [-0.39, 0.29) is 17.9 Å². The summed E-state index contributed by atoms with van der Waals surface area (Å²) in [5, 5.41) is 0. The first kappa shape index (κ1) is 17.2. The van der Waals surface area contributed by atoms with Crippen molar-refractivity contribution >= 4 is 16.2 Å². The Morgan fingerprint density at radius 3 is 1.96 bits per heavy atom. The van der Waals surface area contributed by atoms with E-state index in [0.29, 0.717) is 0 Å². The molecule has 0 aliphatic rings. The van der Waals surface area contributed by atoms with E-state index in [9.17, 15) is 0 Å². The molecule has 4 heteroatoms. The second-order valence-corrected chi connectivity index (χ2v) is 6.05. The lowest BCUT2D eigenvalue weighted by Crippen LogP contribution is -3.00. The van der Waals surface area contributed by atoms with Crippen molar-refractivity contribution in [3.05, 3.63) is 85.2 Å². The van der Waals surface area contributed by atoms with Crippen molar-refractivity contribution in [2.24, 2.45) is 0 Å². The molecule has 2 nitrogen and oxygen atoms in total. The van der Waals surface area contributed by atoms with Gasteiger partial charge in [-0.05, 0) is 22.8 Å². The van der Waals surface area contributed by atoms with Gasteiger partial charge in [0.1, 0.15) is 4.88 Å². The van der Waals surface area contributed by atoms with Crippen LogP contribution < -0.4 is 16.8 Å². The van der Waals surface area contributed by atoms with Crippen LogP contribution in [0.3, 0.4) is 0 Å². The maximum absolute atomic E-state index is 2.20. The molecule has 4 aromatic rings. The number of benzene rings is 2. The average molecular weight is 342 g/mol. The number of pyridine rings is 1. The minimum atomic E-state index is 0. The number of nitrogens with zero attached hydrogens (tertiary/aromatic N) is 1. The van der Waals surface area contributed by atoms with Gasteiger partial charge in [-0.25, -0.2) is 0 Å². The van der Waals surface area contributed by atoms with Crippen LogP contribution in [0.4, 0.5) is 0 Å². The standard InChI is InChI=1S/C19H14NS.ClH.H2O/c1-2-6-15(7-3-1)16-9-11-17(12-10-16)18-14-20-13-5-4-8-19(20)21-18;;/h1-14H;1H;1H2/q+1;;/p-1. The predicted molar refractivity (Wildman–Crippen MR) is 92.0 cm³/mol. The molecule has 2 N–H and O–H groups in total. The molecule has 0 spiro atoms. The van der Waals surface area contributed by atoms with Crippen molar-refractivity contribution in [3.63, 3.8) is 0 Å². The van der Waals surface area contributed by atoms with E-state index in [1.807, 2.05) is 17.4 Å². The zero-order valence-corrected chi connectivity index (χ0v) is 13.9. The van der Waals surface area contributed by atoms with E-state index < -0.39 is 0 Å². The van der Waals surface area contributed by atoms with Crippen LogP contribution in [0.5, 0.6) is 0 Å². The van der Waals surface area contributed by atoms with Crippen LogP contribution in [-0.2, 0) is 0 Å². The fourth-order valence-corrected chi connectivity index (χ4v) is 3.50. The van der Waals surface area contributed by atoms with Gasteiger partial charge in [0.15, 0.2) is 12.4 Å². The smallest absolute Gasteiger partial charge is 0.267 e. The minimum absolute atomic E-state index is 0. The Bertz CT molecular complexity index is 855. The van der Waals surface area contributed by atoms with E-state index >= 15 is 0 Å². The van der Waals surface area contributed by atoms with Gasteiger partial charge in [0.2, 0.25) is 0 Å². The van der Waals surface area contributed by atoms with Crippen LogP contribution >= 0.6 is 11.3 Å². The molecule has 0 amide bonds. The number of thiazole rings is 1. The molecule has 0 bridgehead atoms. The van der Waals surface area contributed by atoms with Crippen LogP contribution in [0.1, 0.15) is 0 Å². The van der Waals surface area contributed by atoms with Crippen molar-refractivity contribution in [3.8, 4) is 21.6 Å². The molecule has 0 radical (unpaired) electrons. The second kappa shape index (κ2) is 7.38. The summed E-state index contributed by atoms with van der Waals surface area (Å²) < 4.78 is 2.17. The zero-order chi connectivity index (χ0) is 14.1. The Morgan fingerprint density at radius 1 is 0.652 bits per heavy atom. The first-order chi connectivity index (χ1) is 10.4. The molecule has 0 aliphatic carbocycles. The largest absolute Gasteiger partial charge is 1.00 e. The van der Waals surface area contributed by atoms with Gasteiger partial charge in [-0.2, -0.15) is 4.40 Å². The number of halogens is 1. The Morgan fingerprint density at radius 2 is 1.26 bits per heavy atom. The van der Waals surface area contributed by atoms with Gasteiger partial charge in [0.25, 0.3) is 4.83 Å². The van der Waals surface area contributed by atoms with Crippen LogP contribution in [-0.4, -0.2) is 5.48 Å². The molecule has 116 valence electrons. The Hall–Kier alpha value is -2.20. The lowest BCUT2D eigenvalue weighted by atomic mass is 10.0. The van der Waals surface area contributed by atoms with Crippen molar-refractivity contribution in [1.82, 2.24) is 0 Å². The van der Waals surface area contributed by atoms with Crippen LogP contribution in [0.15, 0.2) is 85.2 Å². The van der Waals surface area contributed by atoms with Gasteiger partial charge >= 0.3 is 0 Å². The van der Waals surface area contributed by atoms with E-state index in [4.69, 9.17) is 0 Å². The predicted octanol–water partition coefficient (Wildman–Crippen LogP) is 1.00. The number of hydrogen-bond donors (Lipinski definition) is 0. The highest BCUT2D eigenvalue weighted by Crippen LogP contribution is 2.28. The molecule has 2 aromatic carbocycles. The SMILES string of the molecule is O.[Cl-].c1ccc(-c2ccc(-c3c[n+]4ccccc4s3)cc2)cc1. The maximum atomic E-state index is 2.20. The normalized spacial score (nSPS) is 9.91. The fourth-order valence-electron chi connectivity index (χ4n) is 2.49. The summed E-state index contributed by atoms with van der Waals surface area (Å²) in [6, 6.07) is 25.6. The highest BCUT2D eigenvalue weighted by atomic mass is 35.5. The Labute approximate surface area is 145 Å². The third-order valence-electron chi connectivity index (χ3n) is 3.60. The van der Waals surface area contributed by atoms with E-state index in [0.717, 1.165) is 0 Å². The highest BCUT2D eigenvalue weighted by Gasteiger charge is 2.10. The maximum Gasteiger partial charge on any atom is 0.267 e. The molecule has 23 heavy (non-hydrogen) atoms. The summed E-state index contributed by atoms with van der Waals surface area (Å²) in [4.78, 5) is 2.56. The van der Waals surface area contributed by atoms with E-state index in [1.54, 1.807) is 0 Å². The van der Waals surface area contributed by atoms with E-state index in [2.05, 4.69) is 83.5 Å². The van der Waals surface area contributed by atoms with Gasteiger partial charge in [-0.3, -0.25) is 0 Å². The third-order valence-corrected chi connectivity index (χ3v) is 4.72. The first-order valence-electron chi connectivity index (χ1n) is 6.96. The summed E-state index contributed by atoms with van der Waals surface area (Å²) in [7, 11) is 0. The van der Waals surface area contributed by atoms with Gasteiger partial charge in [0, 0.05) is 12.1 Å². The third kappa shape index (κ3) is 3.42. The monoisotopic (exact) mass is 341 g/mol. The fraction of sp³-hybridized carbons (Fsp3) is 0. The Kier molecular flexibility index (Phi) is 5.50. The van der Waals surface area contributed by atoms with Crippen molar-refractivity contribution in [2.45, 2.75) is 0 Å². The number of rotatable bonds is 2. The topological polar surface area (TPSA) is 35.6 Å². The molecule has 0 saturated heterocycles. The van der Waals surface area contributed by atoms with Crippen molar-refractivity contribution in [2.75, 3.05) is 0 Å². The molecule has 4 rings (SSSR count). The van der Waals surface area contributed by atoms with Crippen LogP contribution in [0, 0.1) is 0 Å². The van der Waals surface area contributed by atoms with Gasteiger partial charge in [-0.15, -0.1) is 0 Å². The molecule has 2 heterocycles. The molecular formula is C19H16ClNOS. The highest BCUT2D eigenvalue weighted by molar-refractivity contribution is 7.20. The van der Waals surface area contributed by atoms with Crippen molar-refractivity contribution in [1.29, 1.82) is 0 Å². The van der Waals surface area contributed by atoms with Crippen molar-refractivity contribution < 1.29 is 22.3 Å². The summed E-state index contributed by atoms with van der Waals surface area (Å²) in [6.45, 7) is 0. The van der Waals surface area contributed by atoms with Crippen LogP contribution in [0.25, 0.3) is 26.4 Å². The minimum Gasteiger partial charge on any atom is -1.00 e. The summed E-state index contributed by atoms with van der Waals surface area (Å²) >= 11 is 1.82. The lowest BCUT2D eigenvalue weighted by molar-refractivity contribution is -0.506. The number of fused-ring (bicyclic) bond motifs is 1. The quantitative estimate of drug-likeness (QED) is 0.488. The molecule has 0 fully saturated rings. The summed E-state index contributed by atoms with van der Waals surface area (Å²) in [6.07, 6.45) is 4.28. The summed E-state index contributed by atoms with van der Waals surface area (Å²) in [5.41, 5.74) is 3.78. The number of hydrogen-bond acceptors (Lipinski definition) is 1. The zero-order valence-electron chi connectivity index (χ0n) is 12.3. The second-order valence-electron chi connectivity index (χ2n) is 4.98. The van der Waals surface area contributed by atoms with Crippen LogP contribution in [0.2, 0.25) is 0 Å². The Balaban J connectivity index is 0.000000960. The van der Waals surface area contributed by atoms with E-state index in [1.165, 1.54) is 26.4 Å². The van der Waals surface area contributed by atoms with Gasteiger partial charge in [0.05, 0.1) is 0 Å². The van der Waals surface area contributed by atoms with Gasteiger partial charge < -0.3 is 17.9 Å². The first-order valence-corrected chi connectivity index (χ1v) is 7.77. The van der Waals surface area contributed by atoms with Gasteiger partial charge in [-0.1, -0.05) is 65.9 Å². The molecule has 0 unspecified atom stereocenters. The number of aromatic nitrogens is 1. The molecule has 2 aromatic heterocycles. The summed E-state index contributed by atoms with van der Waals surface area (Å²) in [5.74, 6) is 0. The molecule has 0 atom stereocenters. The average Bonchev–Trinajstić information content (AvgIpc) is 3.00. The lowest BCUT2D eigenvalue weighted by Gasteiger charge is -2.02. The molecule has 0 saturated carbocycles. The molecular weight excluding hydrogens is 326 g/mol. The molecule has 0 aliphatic heterocycles.